The molecule has 0 atom stereocenters. The Morgan fingerprint density at radius 3 is 2.91 bits per heavy atom. The zero-order chi connectivity index (χ0) is 8.10. The van der Waals surface area contributed by atoms with Crippen LogP contribution in [0, 0.1) is 0 Å². The molecule has 0 radical (unpaired) electrons. The molecule has 1 rings (SSSR count). The van der Waals surface area contributed by atoms with Gasteiger partial charge in [0.2, 0.25) is 0 Å². The summed E-state index contributed by atoms with van der Waals surface area (Å²) < 4.78 is 0. The molecule has 56 valence electrons. The van der Waals surface area contributed by atoms with Crippen LogP contribution in [-0.4, -0.2) is 6.29 Å². The van der Waals surface area contributed by atoms with Crippen LogP contribution in [0.25, 0.3) is 0 Å². The quantitative estimate of drug-likeness (QED) is 0.663. The number of hydrogen-bond acceptors (Lipinski definition) is 2. The molecule has 11 heavy (non-hydrogen) atoms. The lowest BCUT2D eigenvalue weighted by atomic mass is 10.2. The van der Waals surface area contributed by atoms with E-state index in [0.717, 1.165) is 12.0 Å². The van der Waals surface area contributed by atoms with E-state index >= 15 is 0 Å². The lowest BCUT2D eigenvalue weighted by Gasteiger charge is -1.98. The number of aldehydes is 1. The van der Waals surface area contributed by atoms with Gasteiger partial charge in [0.15, 0.2) is 0 Å². The number of hydrogen-bond donors (Lipinski definition) is 1. The van der Waals surface area contributed by atoms with E-state index in [2.05, 4.69) is 11.9 Å². The molecule has 1 N–H and O–H groups in total. The summed E-state index contributed by atoms with van der Waals surface area (Å²) in [4.78, 5) is 10.3. The van der Waals surface area contributed by atoms with Crippen molar-refractivity contribution in [2.24, 2.45) is 0 Å². The Balaban J connectivity index is 2.90. The Morgan fingerprint density at radius 2 is 2.27 bits per heavy atom. The van der Waals surface area contributed by atoms with Crippen molar-refractivity contribution in [1.29, 1.82) is 0 Å². The van der Waals surface area contributed by atoms with Crippen LogP contribution >= 0.6 is 0 Å². The van der Waals surface area contributed by atoms with Gasteiger partial charge in [-0.1, -0.05) is 18.7 Å². The molecule has 0 fully saturated rings. The van der Waals surface area contributed by atoms with Crippen molar-refractivity contribution < 1.29 is 4.79 Å². The summed E-state index contributed by atoms with van der Waals surface area (Å²) in [7, 11) is 0. The zero-order valence-corrected chi connectivity index (χ0v) is 6.08. The molecule has 0 aliphatic heterocycles. The second-order valence-corrected chi connectivity index (χ2v) is 2.09. The SMILES string of the molecule is C=CNc1cccc(C=O)c1. The summed E-state index contributed by atoms with van der Waals surface area (Å²) in [5.41, 5.74) is 1.54. The fourth-order valence-corrected chi connectivity index (χ4v) is 0.820. The van der Waals surface area contributed by atoms with Crippen molar-refractivity contribution in [3.63, 3.8) is 0 Å². The largest absolute Gasteiger partial charge is 0.362 e. The third kappa shape index (κ3) is 1.93. The molecule has 2 heteroatoms. The van der Waals surface area contributed by atoms with Gasteiger partial charge in [-0.2, -0.15) is 0 Å². The van der Waals surface area contributed by atoms with E-state index in [0.29, 0.717) is 5.56 Å². The first-order valence-electron chi connectivity index (χ1n) is 3.29. The van der Waals surface area contributed by atoms with E-state index in [1.807, 2.05) is 12.1 Å². The topological polar surface area (TPSA) is 29.1 Å². The minimum absolute atomic E-state index is 0.664. The number of anilines is 1. The van der Waals surface area contributed by atoms with Gasteiger partial charge in [0.05, 0.1) is 0 Å². The summed E-state index contributed by atoms with van der Waals surface area (Å²) in [6.07, 6.45) is 2.39. The highest BCUT2D eigenvalue weighted by Crippen LogP contribution is 2.08. The monoisotopic (exact) mass is 147 g/mol. The van der Waals surface area contributed by atoms with Gasteiger partial charge in [-0.15, -0.1) is 0 Å². The Kier molecular flexibility index (Phi) is 2.44. The van der Waals surface area contributed by atoms with Crippen LogP contribution in [0.15, 0.2) is 37.0 Å². The summed E-state index contributed by atoms with van der Waals surface area (Å²) in [6, 6.07) is 7.19. The highest BCUT2D eigenvalue weighted by Gasteiger charge is 1.90. The average Bonchev–Trinajstić information content (AvgIpc) is 2.06. The minimum Gasteiger partial charge on any atom is -0.362 e. The van der Waals surface area contributed by atoms with Gasteiger partial charge in [0.1, 0.15) is 6.29 Å². The van der Waals surface area contributed by atoms with Crippen LogP contribution in [0.2, 0.25) is 0 Å². The fraction of sp³-hybridized carbons (Fsp3) is 0. The molecular formula is C9H9NO. The van der Waals surface area contributed by atoms with Crippen LogP contribution in [-0.2, 0) is 0 Å². The number of carbonyl (C=O) groups is 1. The van der Waals surface area contributed by atoms with Gasteiger partial charge in [0.25, 0.3) is 0 Å². The van der Waals surface area contributed by atoms with Gasteiger partial charge in [-0.3, -0.25) is 4.79 Å². The highest BCUT2D eigenvalue weighted by molar-refractivity contribution is 5.76. The molecule has 1 aromatic carbocycles. The molecule has 0 saturated heterocycles. The van der Waals surface area contributed by atoms with Gasteiger partial charge in [0, 0.05) is 11.3 Å². The third-order valence-electron chi connectivity index (χ3n) is 1.29. The van der Waals surface area contributed by atoms with E-state index in [4.69, 9.17) is 0 Å². The molecule has 1 aromatic rings. The maximum atomic E-state index is 10.3. The highest BCUT2D eigenvalue weighted by atomic mass is 16.1. The first-order chi connectivity index (χ1) is 5.36. The third-order valence-corrected chi connectivity index (χ3v) is 1.29. The molecule has 0 unspecified atom stereocenters. The van der Waals surface area contributed by atoms with Gasteiger partial charge in [-0.05, 0) is 18.3 Å². The van der Waals surface area contributed by atoms with E-state index < -0.39 is 0 Å². The molecule has 2 nitrogen and oxygen atoms in total. The second kappa shape index (κ2) is 3.56. The van der Waals surface area contributed by atoms with Crippen LogP contribution in [0.4, 0.5) is 5.69 Å². The Bertz CT molecular complexity index is 268. The van der Waals surface area contributed by atoms with E-state index in [1.165, 1.54) is 0 Å². The van der Waals surface area contributed by atoms with Crippen molar-refractivity contribution in [1.82, 2.24) is 0 Å². The maximum absolute atomic E-state index is 10.3. The van der Waals surface area contributed by atoms with Gasteiger partial charge >= 0.3 is 0 Å². The smallest absolute Gasteiger partial charge is 0.150 e. The van der Waals surface area contributed by atoms with Crippen molar-refractivity contribution in [3.8, 4) is 0 Å². The molecule has 0 aliphatic carbocycles. The molecule has 0 saturated carbocycles. The molecule has 0 amide bonds. The lowest BCUT2D eigenvalue weighted by Crippen LogP contribution is -1.87. The second-order valence-electron chi connectivity index (χ2n) is 2.09. The van der Waals surface area contributed by atoms with Gasteiger partial charge in [-0.25, -0.2) is 0 Å². The lowest BCUT2D eigenvalue weighted by molar-refractivity contribution is 0.112. The first-order valence-corrected chi connectivity index (χ1v) is 3.29. The summed E-state index contributed by atoms with van der Waals surface area (Å²) in [5, 5.41) is 2.89. The molecule has 0 heterocycles. The zero-order valence-electron chi connectivity index (χ0n) is 6.08. The molecule has 0 aliphatic rings. The number of rotatable bonds is 3. The Hall–Kier alpha value is -1.57. The number of carbonyl (C=O) groups excluding carboxylic acids is 1. The number of benzene rings is 1. The molecule has 0 bridgehead atoms. The maximum Gasteiger partial charge on any atom is 0.150 e. The Labute approximate surface area is 65.5 Å². The minimum atomic E-state index is 0.664. The van der Waals surface area contributed by atoms with Crippen LogP contribution in [0.5, 0.6) is 0 Å². The van der Waals surface area contributed by atoms with E-state index in [-0.39, 0.29) is 0 Å². The van der Waals surface area contributed by atoms with Crippen molar-refractivity contribution in [3.05, 3.63) is 42.6 Å². The van der Waals surface area contributed by atoms with Gasteiger partial charge < -0.3 is 5.32 Å². The Morgan fingerprint density at radius 1 is 1.45 bits per heavy atom. The van der Waals surface area contributed by atoms with E-state index in [9.17, 15) is 4.79 Å². The van der Waals surface area contributed by atoms with Crippen LogP contribution in [0.1, 0.15) is 10.4 Å². The summed E-state index contributed by atoms with van der Waals surface area (Å²) in [5.74, 6) is 0. The molecule has 0 aromatic heterocycles. The number of nitrogens with one attached hydrogen (secondary N) is 1. The van der Waals surface area contributed by atoms with Crippen molar-refractivity contribution in [2.75, 3.05) is 5.32 Å². The summed E-state index contributed by atoms with van der Waals surface area (Å²) >= 11 is 0. The molecule has 0 spiro atoms. The standard InChI is InChI=1S/C9H9NO/c1-2-10-9-5-3-4-8(6-9)7-11/h2-7,10H,1H2. The fourth-order valence-electron chi connectivity index (χ4n) is 0.820. The first kappa shape index (κ1) is 7.54. The van der Waals surface area contributed by atoms with Crippen molar-refractivity contribution >= 4 is 12.0 Å². The van der Waals surface area contributed by atoms with E-state index in [1.54, 1.807) is 18.3 Å². The predicted octanol–water partition coefficient (Wildman–Crippen LogP) is 2.05. The summed E-state index contributed by atoms with van der Waals surface area (Å²) in [6.45, 7) is 3.51. The normalized spacial score (nSPS) is 8.73. The predicted molar refractivity (Wildman–Crippen MR) is 45.6 cm³/mol. The van der Waals surface area contributed by atoms with Crippen LogP contribution in [0.3, 0.4) is 0 Å². The average molecular weight is 147 g/mol. The molecular weight excluding hydrogens is 138 g/mol. The van der Waals surface area contributed by atoms with Crippen molar-refractivity contribution in [2.45, 2.75) is 0 Å². The van der Waals surface area contributed by atoms with Crippen LogP contribution < -0.4 is 5.32 Å².